The second kappa shape index (κ2) is 4.95. The van der Waals surface area contributed by atoms with Gasteiger partial charge in [-0.3, -0.25) is 0 Å². The zero-order chi connectivity index (χ0) is 15.0. The molecule has 0 aliphatic carbocycles. The quantitative estimate of drug-likeness (QED) is 0.811. The summed E-state index contributed by atoms with van der Waals surface area (Å²) in [6.45, 7) is 4.07. The van der Waals surface area contributed by atoms with Crippen LogP contribution in [0.2, 0.25) is 0 Å². The lowest BCUT2D eigenvalue weighted by atomic mass is 9.89. The van der Waals surface area contributed by atoms with E-state index < -0.39 is 5.82 Å². The molecule has 1 aliphatic rings. The Hall–Kier alpha value is -2.23. The molecule has 1 atom stereocenters. The Morgan fingerprint density at radius 2 is 2.00 bits per heavy atom. The van der Waals surface area contributed by atoms with Gasteiger partial charge in [0.05, 0.1) is 6.04 Å². The number of hydrogen-bond donors (Lipinski definition) is 2. The SMILES string of the molecule is CC1(C)CC(Nc2ccc(O)c(F)c2)c2ccccc2O1. The highest BCUT2D eigenvalue weighted by Crippen LogP contribution is 2.41. The Kier molecular flexibility index (Phi) is 3.24. The summed E-state index contributed by atoms with van der Waals surface area (Å²) < 4.78 is 19.4. The van der Waals surface area contributed by atoms with Gasteiger partial charge in [0.2, 0.25) is 0 Å². The minimum Gasteiger partial charge on any atom is -0.505 e. The lowest BCUT2D eigenvalue weighted by molar-refractivity contribution is 0.0759. The second-order valence-electron chi connectivity index (χ2n) is 5.97. The number of anilines is 1. The molecule has 1 unspecified atom stereocenters. The number of fused-ring (bicyclic) bond motifs is 1. The molecular weight excluding hydrogens is 269 g/mol. The second-order valence-corrected chi connectivity index (χ2v) is 5.97. The molecule has 0 aromatic heterocycles. The minimum absolute atomic E-state index is 0.0360. The van der Waals surface area contributed by atoms with Crippen LogP contribution >= 0.6 is 0 Å². The summed E-state index contributed by atoms with van der Waals surface area (Å²) in [5.41, 5.74) is 1.41. The summed E-state index contributed by atoms with van der Waals surface area (Å²) in [4.78, 5) is 0. The first kappa shape index (κ1) is 13.7. The molecule has 0 radical (unpaired) electrons. The van der Waals surface area contributed by atoms with Crippen molar-refractivity contribution in [3.8, 4) is 11.5 Å². The Morgan fingerprint density at radius 1 is 1.24 bits per heavy atom. The first-order valence-corrected chi connectivity index (χ1v) is 6.98. The fourth-order valence-electron chi connectivity index (χ4n) is 2.73. The molecule has 1 aliphatic heterocycles. The molecule has 110 valence electrons. The van der Waals surface area contributed by atoms with Gasteiger partial charge in [-0.2, -0.15) is 0 Å². The van der Waals surface area contributed by atoms with Gasteiger partial charge >= 0.3 is 0 Å². The summed E-state index contributed by atoms with van der Waals surface area (Å²) in [5, 5.41) is 12.6. The molecule has 0 bridgehead atoms. The predicted molar refractivity (Wildman–Crippen MR) is 80.2 cm³/mol. The lowest BCUT2D eigenvalue weighted by Crippen LogP contribution is -2.37. The van der Waals surface area contributed by atoms with Crippen LogP contribution in [0.3, 0.4) is 0 Å². The van der Waals surface area contributed by atoms with Crippen LogP contribution in [0.25, 0.3) is 0 Å². The molecule has 1 heterocycles. The van der Waals surface area contributed by atoms with Crippen molar-refractivity contribution >= 4 is 5.69 Å². The van der Waals surface area contributed by atoms with Gasteiger partial charge in [-0.15, -0.1) is 0 Å². The summed E-state index contributed by atoms with van der Waals surface area (Å²) in [6, 6.07) is 12.2. The highest BCUT2D eigenvalue weighted by molar-refractivity contribution is 5.51. The van der Waals surface area contributed by atoms with E-state index >= 15 is 0 Å². The number of phenols is 1. The number of ether oxygens (including phenoxy) is 1. The maximum absolute atomic E-state index is 13.5. The maximum atomic E-state index is 13.5. The van der Waals surface area contributed by atoms with E-state index in [2.05, 4.69) is 5.32 Å². The van der Waals surface area contributed by atoms with Crippen molar-refractivity contribution in [1.29, 1.82) is 0 Å². The van der Waals surface area contributed by atoms with Crippen molar-refractivity contribution in [3.63, 3.8) is 0 Å². The van der Waals surface area contributed by atoms with Crippen LogP contribution in [0.1, 0.15) is 31.9 Å². The topological polar surface area (TPSA) is 41.5 Å². The van der Waals surface area contributed by atoms with E-state index in [1.807, 2.05) is 38.1 Å². The lowest BCUT2D eigenvalue weighted by Gasteiger charge is -2.38. The third kappa shape index (κ3) is 2.79. The molecule has 0 saturated heterocycles. The van der Waals surface area contributed by atoms with E-state index in [9.17, 15) is 9.50 Å². The Morgan fingerprint density at radius 3 is 2.76 bits per heavy atom. The molecule has 2 aromatic rings. The van der Waals surface area contributed by atoms with Crippen LogP contribution in [0.4, 0.5) is 10.1 Å². The van der Waals surface area contributed by atoms with Gasteiger partial charge in [-0.05, 0) is 32.0 Å². The predicted octanol–water partition coefficient (Wildman–Crippen LogP) is 4.25. The smallest absolute Gasteiger partial charge is 0.166 e. The van der Waals surface area contributed by atoms with Crippen molar-refractivity contribution in [2.24, 2.45) is 0 Å². The van der Waals surface area contributed by atoms with Gasteiger partial charge in [-0.1, -0.05) is 18.2 Å². The normalized spacial score (nSPS) is 19.5. The summed E-state index contributed by atoms with van der Waals surface area (Å²) in [5.74, 6) is -0.113. The molecule has 0 saturated carbocycles. The van der Waals surface area contributed by atoms with E-state index in [1.165, 1.54) is 12.1 Å². The maximum Gasteiger partial charge on any atom is 0.166 e. The van der Waals surface area contributed by atoms with E-state index in [4.69, 9.17) is 4.74 Å². The molecule has 3 rings (SSSR count). The van der Waals surface area contributed by atoms with Crippen LogP contribution in [0, 0.1) is 5.82 Å². The van der Waals surface area contributed by atoms with Crippen molar-refractivity contribution in [3.05, 3.63) is 53.8 Å². The van der Waals surface area contributed by atoms with Crippen LogP contribution < -0.4 is 10.1 Å². The average Bonchev–Trinajstić information content (AvgIpc) is 2.42. The molecular formula is C17H18FNO2. The number of phenolic OH excluding ortho intramolecular Hbond substituents is 1. The van der Waals surface area contributed by atoms with Gasteiger partial charge in [-0.25, -0.2) is 4.39 Å². The summed E-state index contributed by atoms with van der Waals surface area (Å²) in [7, 11) is 0. The number of hydrogen-bond acceptors (Lipinski definition) is 3. The average molecular weight is 287 g/mol. The Balaban J connectivity index is 1.92. The molecule has 21 heavy (non-hydrogen) atoms. The first-order chi connectivity index (χ1) is 9.94. The Bertz CT molecular complexity index is 670. The molecule has 0 amide bonds. The van der Waals surface area contributed by atoms with E-state index in [-0.39, 0.29) is 17.4 Å². The fraction of sp³-hybridized carbons (Fsp3) is 0.294. The molecule has 2 N–H and O–H groups in total. The number of halogens is 1. The van der Waals surface area contributed by atoms with E-state index in [1.54, 1.807) is 6.07 Å². The standard InChI is InChI=1S/C17H18FNO2/c1-17(2)10-14(12-5-3-4-6-16(12)21-17)19-11-7-8-15(20)13(18)9-11/h3-9,14,19-20H,10H2,1-2H3. The van der Waals surface area contributed by atoms with E-state index in [0.29, 0.717) is 5.69 Å². The number of para-hydroxylation sites is 1. The van der Waals surface area contributed by atoms with E-state index in [0.717, 1.165) is 17.7 Å². The first-order valence-electron chi connectivity index (χ1n) is 6.98. The monoisotopic (exact) mass is 287 g/mol. The van der Waals surface area contributed by atoms with Crippen molar-refractivity contribution < 1.29 is 14.2 Å². The third-order valence-electron chi connectivity index (χ3n) is 3.66. The zero-order valence-electron chi connectivity index (χ0n) is 12.1. The van der Waals surface area contributed by atoms with Crippen LogP contribution in [0.15, 0.2) is 42.5 Å². The van der Waals surface area contributed by atoms with Crippen molar-refractivity contribution in [2.75, 3.05) is 5.32 Å². The number of aromatic hydroxyl groups is 1. The zero-order valence-corrected chi connectivity index (χ0v) is 12.1. The van der Waals surface area contributed by atoms with Crippen molar-refractivity contribution in [2.45, 2.75) is 31.9 Å². The van der Waals surface area contributed by atoms with Gasteiger partial charge in [0.15, 0.2) is 11.6 Å². The van der Waals surface area contributed by atoms with Gasteiger partial charge in [0.25, 0.3) is 0 Å². The largest absolute Gasteiger partial charge is 0.505 e. The van der Waals surface area contributed by atoms with Crippen LogP contribution in [-0.4, -0.2) is 10.7 Å². The molecule has 2 aromatic carbocycles. The van der Waals surface area contributed by atoms with Gasteiger partial charge in [0.1, 0.15) is 11.4 Å². The van der Waals surface area contributed by atoms with Crippen LogP contribution in [0.5, 0.6) is 11.5 Å². The Labute approximate surface area is 123 Å². The highest BCUT2D eigenvalue weighted by atomic mass is 19.1. The number of benzene rings is 2. The number of nitrogens with one attached hydrogen (secondary N) is 1. The third-order valence-corrected chi connectivity index (χ3v) is 3.66. The molecule has 3 nitrogen and oxygen atoms in total. The van der Waals surface area contributed by atoms with Crippen molar-refractivity contribution in [1.82, 2.24) is 0 Å². The van der Waals surface area contributed by atoms with Gasteiger partial charge < -0.3 is 15.2 Å². The number of rotatable bonds is 2. The fourth-order valence-corrected chi connectivity index (χ4v) is 2.73. The molecule has 0 spiro atoms. The molecule has 4 heteroatoms. The highest BCUT2D eigenvalue weighted by Gasteiger charge is 2.33. The summed E-state index contributed by atoms with van der Waals surface area (Å²) in [6.07, 6.45) is 0.770. The summed E-state index contributed by atoms with van der Waals surface area (Å²) >= 11 is 0. The molecule has 0 fully saturated rings. The van der Waals surface area contributed by atoms with Gasteiger partial charge in [0, 0.05) is 23.7 Å². The van der Waals surface area contributed by atoms with Crippen LogP contribution in [-0.2, 0) is 0 Å². The minimum atomic E-state index is -0.625.